The molecule has 1 fully saturated rings. The molecule has 0 bridgehead atoms. The van der Waals surface area contributed by atoms with E-state index in [-0.39, 0.29) is 17.5 Å². The normalized spacial score (nSPS) is 14.5. The SMILES string of the molecule is Cc1ccc(NC(=O)C(=O)NCC2CCN(C(=O)c3snnc3C)CC2)cc1F. The van der Waals surface area contributed by atoms with E-state index < -0.39 is 17.6 Å². The summed E-state index contributed by atoms with van der Waals surface area (Å²) in [6, 6.07) is 4.24. The molecule has 0 atom stereocenters. The van der Waals surface area contributed by atoms with Gasteiger partial charge in [0.05, 0.1) is 5.69 Å². The molecule has 8 nitrogen and oxygen atoms in total. The molecule has 0 spiro atoms. The molecule has 2 aromatic rings. The summed E-state index contributed by atoms with van der Waals surface area (Å²) in [5.74, 6) is -1.95. The Hall–Kier alpha value is -2.88. The Kier molecular flexibility index (Phi) is 6.53. The van der Waals surface area contributed by atoms with Gasteiger partial charge in [0.1, 0.15) is 10.7 Å². The molecule has 29 heavy (non-hydrogen) atoms. The van der Waals surface area contributed by atoms with Crippen LogP contribution in [-0.4, -0.2) is 51.8 Å². The number of likely N-dealkylation sites (tertiary alicyclic amines) is 1. The minimum absolute atomic E-state index is 0.0651. The van der Waals surface area contributed by atoms with Crippen LogP contribution in [0, 0.1) is 25.6 Å². The van der Waals surface area contributed by atoms with E-state index in [9.17, 15) is 18.8 Å². The van der Waals surface area contributed by atoms with Crippen LogP contribution in [0.3, 0.4) is 0 Å². The molecule has 2 heterocycles. The van der Waals surface area contributed by atoms with Gasteiger partial charge in [0, 0.05) is 25.3 Å². The van der Waals surface area contributed by atoms with Crippen LogP contribution in [0.4, 0.5) is 10.1 Å². The standard InChI is InChI=1S/C19H22FN5O3S/c1-11-3-4-14(9-15(11)20)22-18(27)17(26)21-10-13-5-7-25(8-6-13)19(28)16-12(2)23-24-29-16/h3-4,9,13H,5-8,10H2,1-2H3,(H,21,26)(H,22,27). The summed E-state index contributed by atoms with van der Waals surface area (Å²) >= 11 is 1.09. The molecule has 0 unspecified atom stereocenters. The Morgan fingerprint density at radius 2 is 1.93 bits per heavy atom. The van der Waals surface area contributed by atoms with Crippen molar-refractivity contribution in [1.29, 1.82) is 0 Å². The van der Waals surface area contributed by atoms with Gasteiger partial charge in [-0.3, -0.25) is 14.4 Å². The van der Waals surface area contributed by atoms with Gasteiger partial charge in [-0.25, -0.2) is 4.39 Å². The summed E-state index contributed by atoms with van der Waals surface area (Å²) in [5, 5.41) is 8.87. The van der Waals surface area contributed by atoms with Crippen LogP contribution in [0.2, 0.25) is 0 Å². The third-order valence-electron chi connectivity index (χ3n) is 4.93. The Morgan fingerprint density at radius 3 is 2.55 bits per heavy atom. The number of halogens is 1. The molecular formula is C19H22FN5O3S. The second kappa shape index (κ2) is 9.08. The number of aryl methyl sites for hydroxylation is 2. The van der Waals surface area contributed by atoms with Crippen LogP contribution < -0.4 is 10.6 Å². The minimum atomic E-state index is -0.839. The lowest BCUT2D eigenvalue weighted by molar-refractivity contribution is -0.136. The topological polar surface area (TPSA) is 104 Å². The van der Waals surface area contributed by atoms with Crippen LogP contribution in [0.25, 0.3) is 0 Å². The van der Waals surface area contributed by atoms with Crippen molar-refractivity contribution in [2.24, 2.45) is 5.92 Å². The van der Waals surface area contributed by atoms with Gasteiger partial charge in [0.2, 0.25) is 0 Å². The number of amides is 3. The maximum absolute atomic E-state index is 13.5. The fourth-order valence-electron chi connectivity index (χ4n) is 3.09. The zero-order valence-electron chi connectivity index (χ0n) is 16.2. The van der Waals surface area contributed by atoms with Gasteiger partial charge in [-0.2, -0.15) is 0 Å². The molecule has 0 saturated carbocycles. The lowest BCUT2D eigenvalue weighted by atomic mass is 9.96. The maximum Gasteiger partial charge on any atom is 0.313 e. The van der Waals surface area contributed by atoms with Crippen molar-refractivity contribution >= 4 is 34.9 Å². The molecule has 1 aliphatic heterocycles. The fraction of sp³-hybridized carbons (Fsp3) is 0.421. The van der Waals surface area contributed by atoms with E-state index in [1.807, 2.05) is 0 Å². The number of anilines is 1. The van der Waals surface area contributed by atoms with E-state index in [0.29, 0.717) is 35.8 Å². The number of rotatable bonds is 4. The summed E-state index contributed by atoms with van der Waals surface area (Å²) in [4.78, 5) is 38.8. The first kappa shape index (κ1) is 20.8. The van der Waals surface area contributed by atoms with Gasteiger partial charge in [-0.1, -0.05) is 10.6 Å². The molecule has 154 valence electrons. The largest absolute Gasteiger partial charge is 0.348 e. The van der Waals surface area contributed by atoms with E-state index in [0.717, 1.165) is 24.4 Å². The molecular weight excluding hydrogens is 397 g/mol. The van der Waals surface area contributed by atoms with Gasteiger partial charge < -0.3 is 15.5 Å². The summed E-state index contributed by atoms with van der Waals surface area (Å²) in [5.41, 5.74) is 1.32. The van der Waals surface area contributed by atoms with Crippen LogP contribution in [0.15, 0.2) is 18.2 Å². The minimum Gasteiger partial charge on any atom is -0.348 e. The van der Waals surface area contributed by atoms with Gasteiger partial charge in [0.25, 0.3) is 5.91 Å². The molecule has 1 aliphatic rings. The maximum atomic E-state index is 13.5. The van der Waals surface area contributed by atoms with Crippen molar-refractivity contribution < 1.29 is 18.8 Å². The smallest absolute Gasteiger partial charge is 0.313 e. The van der Waals surface area contributed by atoms with Gasteiger partial charge >= 0.3 is 11.8 Å². The summed E-state index contributed by atoms with van der Waals surface area (Å²) in [7, 11) is 0. The first-order valence-corrected chi connectivity index (χ1v) is 10.1. The number of benzene rings is 1. The second-order valence-corrected chi connectivity index (χ2v) is 7.81. The molecule has 3 rings (SSSR count). The van der Waals surface area contributed by atoms with E-state index in [1.165, 1.54) is 18.2 Å². The van der Waals surface area contributed by atoms with Crippen molar-refractivity contribution in [1.82, 2.24) is 19.8 Å². The zero-order valence-corrected chi connectivity index (χ0v) is 17.0. The number of piperidine rings is 1. The predicted octanol–water partition coefficient (Wildman–Crippen LogP) is 1.90. The Bertz CT molecular complexity index is 924. The highest BCUT2D eigenvalue weighted by atomic mass is 32.1. The molecule has 1 aromatic heterocycles. The first-order chi connectivity index (χ1) is 13.8. The van der Waals surface area contributed by atoms with Crippen LogP contribution in [0.1, 0.15) is 33.8 Å². The molecule has 1 saturated heterocycles. The lowest BCUT2D eigenvalue weighted by Gasteiger charge is -2.31. The summed E-state index contributed by atoms with van der Waals surface area (Å²) < 4.78 is 17.3. The van der Waals surface area contributed by atoms with Gasteiger partial charge in [0.15, 0.2) is 0 Å². The number of nitrogens with one attached hydrogen (secondary N) is 2. The van der Waals surface area contributed by atoms with Crippen molar-refractivity contribution in [3.63, 3.8) is 0 Å². The number of nitrogens with zero attached hydrogens (tertiary/aromatic N) is 3. The number of carbonyl (C=O) groups is 3. The lowest BCUT2D eigenvalue weighted by Crippen LogP contribution is -2.43. The van der Waals surface area contributed by atoms with E-state index >= 15 is 0 Å². The average molecular weight is 419 g/mol. The third kappa shape index (κ3) is 5.14. The highest BCUT2D eigenvalue weighted by Crippen LogP contribution is 2.20. The molecule has 0 radical (unpaired) electrons. The second-order valence-electron chi connectivity index (χ2n) is 7.05. The Labute approximate surface area is 171 Å². The van der Waals surface area contributed by atoms with Crippen molar-refractivity contribution in [3.05, 3.63) is 40.2 Å². The van der Waals surface area contributed by atoms with Gasteiger partial charge in [-0.15, -0.1) is 5.10 Å². The average Bonchev–Trinajstić information content (AvgIpc) is 3.14. The van der Waals surface area contributed by atoms with Crippen molar-refractivity contribution in [2.75, 3.05) is 25.0 Å². The molecule has 2 N–H and O–H groups in total. The number of carbonyl (C=O) groups excluding carboxylic acids is 3. The third-order valence-corrected chi connectivity index (χ3v) is 5.75. The number of aromatic nitrogens is 2. The predicted molar refractivity (Wildman–Crippen MR) is 106 cm³/mol. The molecule has 3 amide bonds. The fourth-order valence-corrected chi connectivity index (χ4v) is 3.71. The number of hydrogen-bond donors (Lipinski definition) is 2. The van der Waals surface area contributed by atoms with Crippen LogP contribution in [0.5, 0.6) is 0 Å². The number of hydrogen-bond acceptors (Lipinski definition) is 6. The van der Waals surface area contributed by atoms with E-state index in [4.69, 9.17) is 0 Å². The monoisotopic (exact) mass is 419 g/mol. The Balaban J connectivity index is 1.43. The molecule has 10 heteroatoms. The highest BCUT2D eigenvalue weighted by Gasteiger charge is 2.26. The van der Waals surface area contributed by atoms with E-state index in [1.54, 1.807) is 18.7 Å². The van der Waals surface area contributed by atoms with Gasteiger partial charge in [-0.05, 0) is 61.8 Å². The van der Waals surface area contributed by atoms with E-state index in [2.05, 4.69) is 20.2 Å². The first-order valence-electron chi connectivity index (χ1n) is 9.28. The molecule has 0 aliphatic carbocycles. The quantitative estimate of drug-likeness (QED) is 0.737. The van der Waals surface area contributed by atoms with Crippen molar-refractivity contribution in [2.45, 2.75) is 26.7 Å². The van der Waals surface area contributed by atoms with Crippen LogP contribution >= 0.6 is 11.5 Å². The molecule has 1 aromatic carbocycles. The highest BCUT2D eigenvalue weighted by molar-refractivity contribution is 7.07. The van der Waals surface area contributed by atoms with Crippen LogP contribution in [-0.2, 0) is 9.59 Å². The Morgan fingerprint density at radius 1 is 1.21 bits per heavy atom. The summed E-state index contributed by atoms with van der Waals surface area (Å²) in [6.07, 6.45) is 1.45. The summed E-state index contributed by atoms with van der Waals surface area (Å²) in [6.45, 7) is 4.87. The zero-order chi connectivity index (χ0) is 21.0. The van der Waals surface area contributed by atoms with Crippen molar-refractivity contribution in [3.8, 4) is 0 Å².